The van der Waals surface area contributed by atoms with Crippen molar-refractivity contribution in [2.24, 2.45) is 0 Å². The van der Waals surface area contributed by atoms with Crippen LogP contribution in [0.5, 0.6) is 0 Å². The van der Waals surface area contributed by atoms with Crippen molar-refractivity contribution in [3.05, 3.63) is 17.7 Å². The Labute approximate surface area is 87.1 Å². The number of nitrogens with zero attached hydrogens (tertiary/aromatic N) is 2. The zero-order chi connectivity index (χ0) is 10.4. The Balaban J connectivity index is 1.91. The van der Waals surface area contributed by atoms with Gasteiger partial charge in [-0.15, -0.1) is 0 Å². The smallest absolute Gasteiger partial charge is 0.321 e. The van der Waals surface area contributed by atoms with Crippen LogP contribution in [-0.2, 0) is 17.8 Å². The summed E-state index contributed by atoms with van der Waals surface area (Å²) in [6.45, 7) is 0.575. The number of carboxylic acid groups (broad SMARTS) is 1. The van der Waals surface area contributed by atoms with E-state index in [1.807, 2.05) is 6.33 Å². The van der Waals surface area contributed by atoms with Crippen LogP contribution in [0.25, 0.3) is 0 Å². The standard InChI is InChI=1S/C10H13N3O2/c14-10(15)7-3-9-8(4-11-7)12-5-13(9)6-1-2-6/h5-7,11H,1-4H2,(H,14,15). The van der Waals surface area contributed by atoms with E-state index in [-0.39, 0.29) is 0 Å². The lowest BCUT2D eigenvalue weighted by Gasteiger charge is -2.21. The Bertz CT molecular complexity index is 409. The first-order chi connectivity index (χ1) is 7.25. The molecule has 3 rings (SSSR count). The number of rotatable bonds is 2. The fraction of sp³-hybridized carbons (Fsp3) is 0.600. The number of aromatic nitrogens is 2. The molecule has 2 N–H and O–H groups in total. The quantitative estimate of drug-likeness (QED) is 0.732. The molecule has 80 valence electrons. The van der Waals surface area contributed by atoms with Gasteiger partial charge in [0, 0.05) is 24.7 Å². The first kappa shape index (κ1) is 8.91. The van der Waals surface area contributed by atoms with E-state index in [1.54, 1.807) is 0 Å². The van der Waals surface area contributed by atoms with Crippen molar-refractivity contribution in [2.45, 2.75) is 37.9 Å². The van der Waals surface area contributed by atoms with Gasteiger partial charge in [-0.25, -0.2) is 4.98 Å². The third-order valence-electron chi connectivity index (χ3n) is 3.13. The van der Waals surface area contributed by atoms with Gasteiger partial charge in [-0.3, -0.25) is 10.1 Å². The van der Waals surface area contributed by atoms with Gasteiger partial charge >= 0.3 is 5.97 Å². The molecule has 2 aliphatic rings. The number of carboxylic acids is 1. The highest BCUT2D eigenvalue weighted by atomic mass is 16.4. The minimum Gasteiger partial charge on any atom is -0.480 e. The van der Waals surface area contributed by atoms with Gasteiger partial charge in [0.15, 0.2) is 0 Å². The Morgan fingerprint density at radius 3 is 3.07 bits per heavy atom. The highest BCUT2D eigenvalue weighted by Crippen LogP contribution is 2.37. The van der Waals surface area contributed by atoms with Crippen LogP contribution in [0.15, 0.2) is 6.33 Å². The van der Waals surface area contributed by atoms with E-state index in [9.17, 15) is 4.79 Å². The summed E-state index contributed by atoms with van der Waals surface area (Å²) in [7, 11) is 0. The van der Waals surface area contributed by atoms with Crippen LogP contribution in [-0.4, -0.2) is 26.7 Å². The second kappa shape index (κ2) is 3.06. The molecular formula is C10H13N3O2. The Morgan fingerprint density at radius 1 is 1.60 bits per heavy atom. The van der Waals surface area contributed by atoms with Gasteiger partial charge in [-0.05, 0) is 12.8 Å². The average Bonchev–Trinajstić information content (AvgIpc) is 2.98. The average molecular weight is 207 g/mol. The van der Waals surface area contributed by atoms with E-state index < -0.39 is 12.0 Å². The van der Waals surface area contributed by atoms with Crippen molar-refractivity contribution in [1.82, 2.24) is 14.9 Å². The van der Waals surface area contributed by atoms with Crippen LogP contribution in [0.4, 0.5) is 0 Å². The van der Waals surface area contributed by atoms with E-state index in [1.165, 1.54) is 12.8 Å². The van der Waals surface area contributed by atoms with Crippen molar-refractivity contribution in [2.75, 3.05) is 0 Å². The Morgan fingerprint density at radius 2 is 2.40 bits per heavy atom. The predicted octanol–water partition coefficient (Wildman–Crippen LogP) is 0.317. The number of aliphatic carboxylic acids is 1. The lowest BCUT2D eigenvalue weighted by atomic mass is 10.1. The molecule has 1 saturated carbocycles. The van der Waals surface area contributed by atoms with Crippen LogP contribution >= 0.6 is 0 Å². The SMILES string of the molecule is O=C(O)C1Cc2c(ncn2C2CC2)CN1. The maximum atomic E-state index is 10.9. The van der Waals surface area contributed by atoms with Gasteiger partial charge in [0.2, 0.25) is 0 Å². The summed E-state index contributed by atoms with van der Waals surface area (Å²) < 4.78 is 2.16. The minimum atomic E-state index is -0.774. The molecule has 5 nitrogen and oxygen atoms in total. The number of nitrogens with one attached hydrogen (secondary N) is 1. The fourth-order valence-corrected chi connectivity index (χ4v) is 2.12. The zero-order valence-corrected chi connectivity index (χ0v) is 8.31. The van der Waals surface area contributed by atoms with Crippen molar-refractivity contribution in [3.8, 4) is 0 Å². The van der Waals surface area contributed by atoms with Gasteiger partial charge in [-0.1, -0.05) is 0 Å². The number of fused-ring (bicyclic) bond motifs is 1. The highest BCUT2D eigenvalue weighted by Gasteiger charge is 2.32. The summed E-state index contributed by atoms with van der Waals surface area (Å²) in [6, 6.07) is 0.125. The lowest BCUT2D eigenvalue weighted by molar-refractivity contribution is -0.139. The Kier molecular flexibility index (Phi) is 1.82. The normalized spacial score (nSPS) is 24.9. The highest BCUT2D eigenvalue weighted by molar-refractivity contribution is 5.74. The van der Waals surface area contributed by atoms with Crippen molar-refractivity contribution in [3.63, 3.8) is 0 Å². The molecule has 1 aromatic heterocycles. The monoisotopic (exact) mass is 207 g/mol. The molecule has 1 aromatic rings. The molecule has 1 aliphatic heterocycles. The molecule has 1 fully saturated rings. The molecule has 0 aromatic carbocycles. The van der Waals surface area contributed by atoms with E-state index in [0.29, 0.717) is 19.0 Å². The van der Waals surface area contributed by atoms with Crippen molar-refractivity contribution >= 4 is 5.97 Å². The maximum Gasteiger partial charge on any atom is 0.321 e. The predicted molar refractivity (Wildman–Crippen MR) is 52.5 cm³/mol. The molecule has 5 heteroatoms. The van der Waals surface area contributed by atoms with E-state index in [2.05, 4.69) is 14.9 Å². The third kappa shape index (κ3) is 1.43. The molecule has 1 atom stereocenters. The van der Waals surface area contributed by atoms with Gasteiger partial charge in [0.25, 0.3) is 0 Å². The third-order valence-corrected chi connectivity index (χ3v) is 3.13. The molecule has 0 spiro atoms. The van der Waals surface area contributed by atoms with Gasteiger partial charge in [0.05, 0.1) is 12.0 Å². The summed E-state index contributed by atoms with van der Waals surface area (Å²) in [5.41, 5.74) is 2.13. The molecule has 0 radical (unpaired) electrons. The molecule has 0 amide bonds. The first-order valence-corrected chi connectivity index (χ1v) is 5.26. The molecular weight excluding hydrogens is 194 g/mol. The first-order valence-electron chi connectivity index (χ1n) is 5.26. The van der Waals surface area contributed by atoms with E-state index in [4.69, 9.17) is 5.11 Å². The van der Waals surface area contributed by atoms with E-state index >= 15 is 0 Å². The summed E-state index contributed by atoms with van der Waals surface area (Å²) in [5.74, 6) is -0.774. The number of hydrogen-bond acceptors (Lipinski definition) is 3. The molecule has 1 unspecified atom stereocenters. The topological polar surface area (TPSA) is 67.1 Å². The molecule has 1 aliphatic carbocycles. The number of imidazole rings is 1. The second-order valence-electron chi connectivity index (χ2n) is 4.25. The van der Waals surface area contributed by atoms with Crippen LogP contribution in [0.3, 0.4) is 0 Å². The largest absolute Gasteiger partial charge is 0.480 e. The van der Waals surface area contributed by atoms with Gasteiger partial charge < -0.3 is 9.67 Å². The minimum absolute atomic E-state index is 0.452. The van der Waals surface area contributed by atoms with Crippen LogP contribution < -0.4 is 5.32 Å². The molecule has 0 saturated heterocycles. The molecule has 15 heavy (non-hydrogen) atoms. The fourth-order valence-electron chi connectivity index (χ4n) is 2.12. The van der Waals surface area contributed by atoms with Crippen LogP contribution in [0, 0.1) is 0 Å². The van der Waals surface area contributed by atoms with Crippen molar-refractivity contribution < 1.29 is 9.90 Å². The second-order valence-corrected chi connectivity index (χ2v) is 4.25. The summed E-state index contributed by atoms with van der Waals surface area (Å²) in [6.07, 6.45) is 4.82. The summed E-state index contributed by atoms with van der Waals surface area (Å²) in [4.78, 5) is 15.2. The van der Waals surface area contributed by atoms with Gasteiger partial charge in [0.1, 0.15) is 6.04 Å². The van der Waals surface area contributed by atoms with Crippen LogP contribution in [0.1, 0.15) is 30.3 Å². The lowest BCUT2D eigenvalue weighted by Crippen LogP contribution is -2.42. The van der Waals surface area contributed by atoms with Gasteiger partial charge in [-0.2, -0.15) is 0 Å². The molecule has 2 heterocycles. The maximum absolute atomic E-state index is 10.9. The van der Waals surface area contributed by atoms with Crippen LogP contribution in [0.2, 0.25) is 0 Å². The number of hydrogen-bond donors (Lipinski definition) is 2. The summed E-state index contributed by atoms with van der Waals surface area (Å²) in [5, 5.41) is 11.9. The zero-order valence-electron chi connectivity index (χ0n) is 8.31. The Hall–Kier alpha value is -1.36. The molecule has 0 bridgehead atoms. The van der Waals surface area contributed by atoms with E-state index in [0.717, 1.165) is 11.4 Å². The van der Waals surface area contributed by atoms with Crippen molar-refractivity contribution in [1.29, 1.82) is 0 Å². The summed E-state index contributed by atoms with van der Waals surface area (Å²) >= 11 is 0. The number of carbonyl (C=O) groups is 1.